The lowest BCUT2D eigenvalue weighted by Crippen LogP contribution is -2.43. The van der Waals surface area contributed by atoms with Gasteiger partial charge in [-0.25, -0.2) is 9.97 Å². The molecule has 1 aliphatic heterocycles. The summed E-state index contributed by atoms with van der Waals surface area (Å²) in [5.74, 6) is 0.503. The molecular formula is C19H20Cl2N6O. The van der Waals surface area contributed by atoms with Gasteiger partial charge in [0.2, 0.25) is 5.91 Å². The van der Waals surface area contributed by atoms with Crippen molar-refractivity contribution >= 4 is 51.6 Å². The fourth-order valence-electron chi connectivity index (χ4n) is 3.64. The first-order valence-electron chi connectivity index (χ1n) is 9.06. The third-order valence-corrected chi connectivity index (χ3v) is 5.43. The Hall–Kier alpha value is -2.51. The number of rotatable bonds is 4. The van der Waals surface area contributed by atoms with Crippen LogP contribution in [0.5, 0.6) is 0 Å². The van der Waals surface area contributed by atoms with E-state index >= 15 is 0 Å². The average molecular weight is 419 g/mol. The summed E-state index contributed by atoms with van der Waals surface area (Å²) in [6, 6.07) is 7.23. The van der Waals surface area contributed by atoms with Crippen LogP contribution in [0.25, 0.3) is 11.0 Å². The van der Waals surface area contributed by atoms with Crippen LogP contribution < -0.4 is 11.1 Å². The Kier molecular flexibility index (Phi) is 5.28. The molecule has 1 aromatic carbocycles. The number of halogens is 2. The van der Waals surface area contributed by atoms with E-state index in [1.54, 1.807) is 18.2 Å². The lowest BCUT2D eigenvalue weighted by molar-refractivity contribution is -0.130. The van der Waals surface area contributed by atoms with Gasteiger partial charge in [-0.2, -0.15) is 0 Å². The van der Waals surface area contributed by atoms with Crippen molar-refractivity contribution in [3.8, 4) is 0 Å². The molecule has 1 unspecified atom stereocenters. The van der Waals surface area contributed by atoms with E-state index in [0.29, 0.717) is 22.4 Å². The van der Waals surface area contributed by atoms with E-state index in [4.69, 9.17) is 28.9 Å². The predicted octanol–water partition coefficient (Wildman–Crippen LogP) is 3.60. The summed E-state index contributed by atoms with van der Waals surface area (Å²) in [5.41, 5.74) is 7.46. The molecule has 1 fully saturated rings. The maximum Gasteiger partial charge on any atom is 0.241 e. The number of piperidine rings is 1. The third-order valence-electron chi connectivity index (χ3n) is 4.99. The number of nitrogens with two attached hydrogens (primary N) is 1. The number of hydrogen-bond donors (Lipinski definition) is 2. The third kappa shape index (κ3) is 3.86. The van der Waals surface area contributed by atoms with E-state index < -0.39 is 0 Å². The molecule has 9 heteroatoms. The second-order valence-electron chi connectivity index (χ2n) is 6.87. The van der Waals surface area contributed by atoms with Crippen LogP contribution in [0.15, 0.2) is 36.8 Å². The second kappa shape index (κ2) is 7.85. The molecule has 0 saturated carbocycles. The fraction of sp³-hybridized carbons (Fsp3) is 0.316. The zero-order valence-electron chi connectivity index (χ0n) is 15.1. The van der Waals surface area contributed by atoms with Crippen LogP contribution in [0.3, 0.4) is 0 Å². The number of likely N-dealkylation sites (tertiary alicyclic amines) is 1. The number of hydrogen-bond acceptors (Lipinski definition) is 5. The lowest BCUT2D eigenvalue weighted by Gasteiger charge is -2.34. The number of amides is 1. The highest BCUT2D eigenvalue weighted by Crippen LogP contribution is 2.28. The van der Waals surface area contributed by atoms with Crippen molar-refractivity contribution in [3.63, 3.8) is 0 Å². The molecule has 3 aromatic rings. The van der Waals surface area contributed by atoms with Crippen LogP contribution in [0.1, 0.15) is 18.9 Å². The van der Waals surface area contributed by atoms with Crippen molar-refractivity contribution < 1.29 is 4.79 Å². The zero-order chi connectivity index (χ0) is 19.7. The van der Waals surface area contributed by atoms with Crippen molar-refractivity contribution in [3.05, 3.63) is 46.8 Å². The van der Waals surface area contributed by atoms with Crippen LogP contribution in [0, 0.1) is 0 Å². The number of nitrogen functional groups attached to an aromatic ring is 1. The molecule has 146 valence electrons. The van der Waals surface area contributed by atoms with Gasteiger partial charge in [0, 0.05) is 35.0 Å². The molecule has 1 atom stereocenters. The predicted molar refractivity (Wildman–Crippen MR) is 112 cm³/mol. The maximum atomic E-state index is 12.7. The van der Waals surface area contributed by atoms with E-state index in [0.717, 1.165) is 36.1 Å². The molecule has 7 nitrogen and oxygen atoms in total. The Bertz CT molecular complexity index is 1000. The first-order valence-corrected chi connectivity index (χ1v) is 9.81. The molecule has 28 heavy (non-hydrogen) atoms. The van der Waals surface area contributed by atoms with Crippen LogP contribution in [-0.2, 0) is 4.79 Å². The average Bonchev–Trinajstić information content (AvgIpc) is 3.11. The van der Waals surface area contributed by atoms with Gasteiger partial charge in [-0.1, -0.05) is 23.2 Å². The molecule has 0 aliphatic carbocycles. The largest absolute Gasteiger partial charge is 0.383 e. The lowest BCUT2D eigenvalue weighted by atomic mass is 10.1. The SMILES string of the molecule is Nc1ncnc2c1ccn2C1CCCN(C(=O)CNc2cc(Cl)cc(Cl)c2)C1. The van der Waals surface area contributed by atoms with Gasteiger partial charge in [-0.3, -0.25) is 4.79 Å². The van der Waals surface area contributed by atoms with Crippen molar-refractivity contribution in [2.75, 3.05) is 30.7 Å². The molecular weight excluding hydrogens is 399 g/mol. The summed E-state index contributed by atoms with van der Waals surface area (Å²) in [7, 11) is 0. The minimum absolute atomic E-state index is 0.0337. The molecule has 0 bridgehead atoms. The van der Waals surface area contributed by atoms with Crippen molar-refractivity contribution in [1.82, 2.24) is 19.4 Å². The molecule has 0 spiro atoms. The van der Waals surface area contributed by atoms with Crippen LogP contribution in [0.4, 0.5) is 11.5 Å². The van der Waals surface area contributed by atoms with Gasteiger partial charge in [0.05, 0.1) is 18.0 Å². The second-order valence-corrected chi connectivity index (χ2v) is 7.74. The minimum atomic E-state index is 0.0337. The van der Waals surface area contributed by atoms with E-state index in [9.17, 15) is 4.79 Å². The Balaban J connectivity index is 1.44. The van der Waals surface area contributed by atoms with Gasteiger partial charge in [0.15, 0.2) is 0 Å². The van der Waals surface area contributed by atoms with E-state index in [1.165, 1.54) is 6.33 Å². The Morgan fingerprint density at radius 1 is 1.25 bits per heavy atom. The van der Waals surface area contributed by atoms with E-state index in [1.807, 2.05) is 17.2 Å². The number of nitrogens with one attached hydrogen (secondary N) is 1. The number of anilines is 2. The molecule has 1 saturated heterocycles. The summed E-state index contributed by atoms with van der Waals surface area (Å²) in [4.78, 5) is 23.0. The highest BCUT2D eigenvalue weighted by Gasteiger charge is 2.25. The molecule has 4 rings (SSSR count). The first-order chi connectivity index (χ1) is 13.5. The normalized spacial score (nSPS) is 17.1. The molecule has 3 heterocycles. The van der Waals surface area contributed by atoms with E-state index in [2.05, 4.69) is 19.9 Å². The molecule has 3 N–H and O–H groups in total. The number of carbonyl (C=O) groups excluding carboxylic acids is 1. The molecule has 2 aromatic heterocycles. The smallest absolute Gasteiger partial charge is 0.241 e. The van der Waals surface area contributed by atoms with Crippen molar-refractivity contribution in [2.45, 2.75) is 18.9 Å². The van der Waals surface area contributed by atoms with Gasteiger partial charge in [-0.15, -0.1) is 0 Å². The Labute approximate surface area is 172 Å². The number of benzene rings is 1. The highest BCUT2D eigenvalue weighted by molar-refractivity contribution is 6.35. The molecule has 1 amide bonds. The highest BCUT2D eigenvalue weighted by atomic mass is 35.5. The van der Waals surface area contributed by atoms with Gasteiger partial charge < -0.3 is 20.5 Å². The van der Waals surface area contributed by atoms with Crippen LogP contribution in [-0.4, -0.2) is 45.0 Å². The summed E-state index contributed by atoms with van der Waals surface area (Å²) in [6.07, 6.45) is 5.36. The number of aromatic nitrogens is 3. The first kappa shape index (κ1) is 18.8. The Morgan fingerprint density at radius 2 is 2.04 bits per heavy atom. The van der Waals surface area contributed by atoms with Gasteiger partial charge in [0.25, 0.3) is 0 Å². The fourth-order valence-corrected chi connectivity index (χ4v) is 4.16. The zero-order valence-corrected chi connectivity index (χ0v) is 16.6. The number of carbonyl (C=O) groups is 1. The standard InChI is InChI=1S/C19H20Cl2N6O/c20-12-6-13(21)8-14(7-12)23-9-17(28)26-4-1-2-15(10-26)27-5-3-16-18(22)24-11-25-19(16)27/h3,5-8,11,15,23H,1-2,4,9-10H2,(H2,22,24,25). The summed E-state index contributed by atoms with van der Waals surface area (Å²) in [5, 5.41) is 5.00. The van der Waals surface area contributed by atoms with Gasteiger partial charge in [0.1, 0.15) is 17.8 Å². The quantitative estimate of drug-likeness (QED) is 0.675. The maximum absolute atomic E-state index is 12.7. The van der Waals surface area contributed by atoms with Crippen LogP contribution in [0.2, 0.25) is 10.0 Å². The topological polar surface area (TPSA) is 89.1 Å². The Morgan fingerprint density at radius 3 is 2.82 bits per heavy atom. The number of nitrogens with zero attached hydrogens (tertiary/aromatic N) is 4. The van der Waals surface area contributed by atoms with E-state index in [-0.39, 0.29) is 18.5 Å². The van der Waals surface area contributed by atoms with Gasteiger partial charge >= 0.3 is 0 Å². The summed E-state index contributed by atoms with van der Waals surface area (Å²) >= 11 is 12.0. The summed E-state index contributed by atoms with van der Waals surface area (Å²) in [6.45, 7) is 1.55. The van der Waals surface area contributed by atoms with Crippen molar-refractivity contribution in [1.29, 1.82) is 0 Å². The van der Waals surface area contributed by atoms with Gasteiger partial charge in [-0.05, 0) is 37.1 Å². The van der Waals surface area contributed by atoms with Crippen LogP contribution >= 0.6 is 23.2 Å². The number of fused-ring (bicyclic) bond motifs is 1. The molecule has 1 aliphatic rings. The van der Waals surface area contributed by atoms with Crippen molar-refractivity contribution in [2.24, 2.45) is 0 Å². The minimum Gasteiger partial charge on any atom is -0.383 e. The summed E-state index contributed by atoms with van der Waals surface area (Å²) < 4.78 is 2.09. The monoisotopic (exact) mass is 418 g/mol. The molecule has 0 radical (unpaired) electrons.